The van der Waals surface area contributed by atoms with E-state index < -0.39 is 17.3 Å². The van der Waals surface area contributed by atoms with Crippen molar-refractivity contribution in [2.45, 2.75) is 0 Å². The largest absolute Gasteiger partial charge is 0.454 e. The first kappa shape index (κ1) is 18.3. The first-order chi connectivity index (χ1) is 12.9. The summed E-state index contributed by atoms with van der Waals surface area (Å²) in [5.74, 6) is -0.962. The maximum absolute atomic E-state index is 13.7. The number of nitrogen functional groups attached to an aromatic ring is 2. The molecule has 0 saturated heterocycles. The van der Waals surface area contributed by atoms with Crippen LogP contribution in [-0.4, -0.2) is 16.5 Å². The van der Waals surface area contributed by atoms with Crippen LogP contribution >= 0.6 is 11.6 Å². The molecule has 0 aliphatic rings. The molecule has 3 aromatic rings. The van der Waals surface area contributed by atoms with Crippen molar-refractivity contribution in [1.82, 2.24) is 4.98 Å². The molecular formula is C19H14ClFN4O2. The number of nitrogens with one attached hydrogen (secondary N) is 1. The Bertz CT molecular complexity index is 1040. The van der Waals surface area contributed by atoms with Crippen LogP contribution in [0.4, 0.5) is 15.9 Å². The lowest BCUT2D eigenvalue weighted by molar-refractivity contribution is 0.106. The van der Waals surface area contributed by atoms with Crippen LogP contribution in [0, 0.1) is 11.2 Å². The molecule has 27 heavy (non-hydrogen) atoms. The molecule has 1 heterocycles. The minimum Gasteiger partial charge on any atom is -0.454 e. The average Bonchev–Trinajstić information content (AvgIpc) is 2.63. The molecule has 0 aliphatic heterocycles. The fourth-order valence-corrected chi connectivity index (χ4v) is 2.67. The van der Waals surface area contributed by atoms with Crippen LogP contribution in [-0.2, 0) is 0 Å². The molecule has 136 valence electrons. The van der Waals surface area contributed by atoms with Gasteiger partial charge in [-0.25, -0.2) is 9.37 Å². The number of rotatable bonds is 5. The number of pyridine rings is 1. The number of ether oxygens (including phenoxy) is 1. The van der Waals surface area contributed by atoms with E-state index >= 15 is 0 Å². The van der Waals surface area contributed by atoms with Gasteiger partial charge in [0.2, 0.25) is 5.78 Å². The van der Waals surface area contributed by atoms with Gasteiger partial charge < -0.3 is 16.2 Å². The Morgan fingerprint density at radius 3 is 2.56 bits per heavy atom. The van der Waals surface area contributed by atoms with Crippen LogP contribution in [0.2, 0.25) is 5.02 Å². The number of Topliss-reactive ketones (excluding diaryl/α,β-unsaturated/α-hetero) is 1. The number of hydrogen-bond acceptors (Lipinski definition) is 6. The summed E-state index contributed by atoms with van der Waals surface area (Å²) in [6.07, 6.45) is 1.38. The molecule has 0 radical (unpaired) electrons. The fourth-order valence-electron chi connectivity index (χ4n) is 2.41. The molecule has 0 unspecified atom stereocenters. The smallest absolute Gasteiger partial charge is 0.212 e. The Hall–Kier alpha value is -3.45. The van der Waals surface area contributed by atoms with Crippen molar-refractivity contribution in [2.24, 2.45) is 0 Å². The molecule has 5 N–H and O–H groups in total. The molecule has 3 rings (SSSR count). The first-order valence-corrected chi connectivity index (χ1v) is 8.11. The molecule has 0 atom stereocenters. The normalized spacial score (nSPS) is 10.4. The zero-order chi connectivity index (χ0) is 19.6. The highest BCUT2D eigenvalue weighted by Gasteiger charge is 2.22. The number of aromatic nitrogens is 1. The van der Waals surface area contributed by atoms with Gasteiger partial charge in [0.15, 0.2) is 11.6 Å². The van der Waals surface area contributed by atoms with Crippen molar-refractivity contribution < 1.29 is 13.9 Å². The molecule has 2 aromatic carbocycles. The van der Waals surface area contributed by atoms with E-state index in [1.165, 1.54) is 42.6 Å². The summed E-state index contributed by atoms with van der Waals surface area (Å²) in [4.78, 5) is 16.5. The quantitative estimate of drug-likeness (QED) is 0.452. The van der Waals surface area contributed by atoms with Gasteiger partial charge in [0.05, 0.1) is 10.6 Å². The predicted molar refractivity (Wildman–Crippen MR) is 102 cm³/mol. The van der Waals surface area contributed by atoms with E-state index in [0.717, 1.165) is 0 Å². The SMILES string of the molecule is N=C(C(=O)c1ccc(Oc2ccccc2F)cc1Cl)c1c(N)ccnc1N. The molecule has 0 aliphatic carbocycles. The van der Waals surface area contributed by atoms with Crippen LogP contribution in [0.15, 0.2) is 54.7 Å². The second kappa shape index (κ2) is 7.43. The Morgan fingerprint density at radius 1 is 1.15 bits per heavy atom. The minimum atomic E-state index is -0.677. The lowest BCUT2D eigenvalue weighted by Gasteiger charge is -2.11. The number of carbonyl (C=O) groups excluding carboxylic acids is 1. The highest BCUT2D eigenvalue weighted by molar-refractivity contribution is 6.54. The zero-order valence-electron chi connectivity index (χ0n) is 13.9. The van der Waals surface area contributed by atoms with E-state index in [9.17, 15) is 9.18 Å². The fraction of sp³-hybridized carbons (Fsp3) is 0. The van der Waals surface area contributed by atoms with E-state index in [0.29, 0.717) is 0 Å². The number of nitrogens with zero attached hydrogens (tertiary/aromatic N) is 1. The summed E-state index contributed by atoms with van der Waals surface area (Å²) in [5.41, 5.74) is 11.4. The van der Waals surface area contributed by atoms with Gasteiger partial charge in [-0.05, 0) is 30.3 Å². The molecule has 0 spiro atoms. The number of anilines is 2. The molecule has 0 bridgehead atoms. The number of benzene rings is 2. The van der Waals surface area contributed by atoms with Crippen molar-refractivity contribution in [3.63, 3.8) is 0 Å². The van der Waals surface area contributed by atoms with Gasteiger partial charge in [-0.3, -0.25) is 10.2 Å². The van der Waals surface area contributed by atoms with Crippen molar-refractivity contribution >= 4 is 34.6 Å². The maximum atomic E-state index is 13.7. The van der Waals surface area contributed by atoms with Crippen molar-refractivity contribution in [2.75, 3.05) is 11.5 Å². The zero-order valence-corrected chi connectivity index (χ0v) is 14.6. The topological polar surface area (TPSA) is 115 Å². The number of nitrogens with two attached hydrogens (primary N) is 2. The van der Waals surface area contributed by atoms with E-state index in [-0.39, 0.29) is 39.2 Å². The van der Waals surface area contributed by atoms with E-state index in [4.69, 9.17) is 33.2 Å². The average molecular weight is 385 g/mol. The predicted octanol–water partition coefficient (Wildman–Crippen LogP) is 4.08. The second-order valence-corrected chi connectivity index (χ2v) is 5.95. The highest BCUT2D eigenvalue weighted by atomic mass is 35.5. The van der Waals surface area contributed by atoms with Gasteiger partial charge >= 0.3 is 0 Å². The van der Waals surface area contributed by atoms with E-state index in [1.54, 1.807) is 12.1 Å². The Balaban J connectivity index is 1.88. The van der Waals surface area contributed by atoms with Gasteiger partial charge in [0.25, 0.3) is 0 Å². The van der Waals surface area contributed by atoms with Crippen LogP contribution < -0.4 is 16.2 Å². The lowest BCUT2D eigenvalue weighted by atomic mass is 10.00. The maximum Gasteiger partial charge on any atom is 0.212 e. The summed E-state index contributed by atoms with van der Waals surface area (Å²) < 4.78 is 19.1. The highest BCUT2D eigenvalue weighted by Crippen LogP contribution is 2.29. The van der Waals surface area contributed by atoms with Crippen LogP contribution in [0.5, 0.6) is 11.5 Å². The standard InChI is InChI=1S/C19H14ClFN4O2/c20-12-9-10(27-15-4-2-1-3-13(15)21)5-6-11(12)18(26)17(23)16-14(22)7-8-25-19(16)24/h1-9,23H,(H4,22,24,25). The molecule has 8 heteroatoms. The van der Waals surface area contributed by atoms with E-state index in [1.807, 2.05) is 0 Å². The third-order valence-corrected chi connectivity index (χ3v) is 4.05. The minimum absolute atomic E-state index is 0.0241. The Labute approximate surface area is 159 Å². The Kier molecular flexibility index (Phi) is 5.05. The molecule has 0 amide bonds. The summed E-state index contributed by atoms with van der Waals surface area (Å²) in [5, 5.41) is 8.16. The van der Waals surface area contributed by atoms with Gasteiger partial charge in [-0.2, -0.15) is 0 Å². The Morgan fingerprint density at radius 2 is 1.89 bits per heavy atom. The van der Waals surface area contributed by atoms with Gasteiger partial charge in [-0.15, -0.1) is 0 Å². The summed E-state index contributed by atoms with van der Waals surface area (Å²) in [6.45, 7) is 0. The van der Waals surface area contributed by atoms with Gasteiger partial charge in [0.1, 0.15) is 17.3 Å². The summed E-state index contributed by atoms with van der Waals surface area (Å²) >= 11 is 6.17. The lowest BCUT2D eigenvalue weighted by Crippen LogP contribution is -2.19. The third kappa shape index (κ3) is 3.73. The summed E-state index contributed by atoms with van der Waals surface area (Å²) in [7, 11) is 0. The van der Waals surface area contributed by atoms with Gasteiger partial charge in [0, 0.05) is 23.5 Å². The number of carbonyl (C=O) groups is 1. The third-order valence-electron chi connectivity index (χ3n) is 3.74. The van der Waals surface area contributed by atoms with Crippen molar-refractivity contribution in [1.29, 1.82) is 5.41 Å². The monoisotopic (exact) mass is 384 g/mol. The molecule has 0 saturated carbocycles. The number of para-hydroxylation sites is 1. The first-order valence-electron chi connectivity index (χ1n) is 7.74. The van der Waals surface area contributed by atoms with Crippen LogP contribution in [0.25, 0.3) is 0 Å². The molecule has 0 fully saturated rings. The number of halogens is 2. The molecule has 1 aromatic heterocycles. The summed E-state index contributed by atoms with van der Waals surface area (Å²) in [6, 6.07) is 11.5. The number of ketones is 1. The van der Waals surface area contributed by atoms with E-state index in [2.05, 4.69) is 4.98 Å². The molecule has 6 nitrogen and oxygen atoms in total. The molecular weight excluding hydrogens is 371 g/mol. The van der Waals surface area contributed by atoms with Crippen LogP contribution in [0.3, 0.4) is 0 Å². The van der Waals surface area contributed by atoms with Crippen molar-refractivity contribution in [3.05, 3.63) is 76.7 Å². The van der Waals surface area contributed by atoms with Crippen molar-refractivity contribution in [3.8, 4) is 11.5 Å². The number of hydrogen-bond donors (Lipinski definition) is 3. The second-order valence-electron chi connectivity index (χ2n) is 5.54. The van der Waals surface area contributed by atoms with Gasteiger partial charge in [-0.1, -0.05) is 23.7 Å². The van der Waals surface area contributed by atoms with Crippen LogP contribution in [0.1, 0.15) is 15.9 Å².